The average molecular weight is 543 g/mol. The number of methoxy groups -OCH3 is 1. The van der Waals surface area contributed by atoms with Gasteiger partial charge < -0.3 is 14.4 Å². The van der Waals surface area contributed by atoms with E-state index in [1.807, 2.05) is 18.2 Å². The molecule has 1 saturated carbocycles. The summed E-state index contributed by atoms with van der Waals surface area (Å²) >= 11 is 0. The van der Waals surface area contributed by atoms with Gasteiger partial charge in [-0.25, -0.2) is 17.2 Å². The van der Waals surface area contributed by atoms with Crippen LogP contribution in [0.4, 0.5) is 20.2 Å². The highest BCUT2D eigenvalue weighted by Crippen LogP contribution is 2.38. The summed E-state index contributed by atoms with van der Waals surface area (Å²) in [5.41, 5.74) is 1.50. The molecule has 1 aliphatic carbocycles. The van der Waals surface area contributed by atoms with Crippen LogP contribution >= 0.6 is 0 Å². The lowest BCUT2D eigenvalue weighted by molar-refractivity contribution is -0.117. The van der Waals surface area contributed by atoms with Crippen LogP contribution in [0.2, 0.25) is 0 Å². The van der Waals surface area contributed by atoms with E-state index in [1.165, 1.54) is 12.1 Å². The summed E-state index contributed by atoms with van der Waals surface area (Å²) in [4.78, 5) is 13.5. The zero-order chi connectivity index (χ0) is 26.9. The lowest BCUT2D eigenvalue weighted by atomic mass is 9.98. The number of hydrogen-bond acceptors (Lipinski definition) is 5. The highest BCUT2D eigenvalue weighted by molar-refractivity contribution is 7.92. The summed E-state index contributed by atoms with van der Waals surface area (Å²) in [6.45, 7) is 0.381. The first-order valence-electron chi connectivity index (χ1n) is 12.5. The lowest BCUT2D eigenvalue weighted by Gasteiger charge is -2.20. The zero-order valence-corrected chi connectivity index (χ0v) is 21.6. The molecule has 0 radical (unpaired) electrons. The largest absolute Gasteiger partial charge is 0.493 e. The molecule has 200 valence electrons. The Morgan fingerprint density at radius 3 is 2.37 bits per heavy atom. The molecule has 3 aromatic rings. The minimum atomic E-state index is -4.53. The molecule has 0 bridgehead atoms. The van der Waals surface area contributed by atoms with Gasteiger partial charge in [-0.2, -0.15) is 0 Å². The summed E-state index contributed by atoms with van der Waals surface area (Å²) in [6, 6.07) is 14.7. The van der Waals surface area contributed by atoms with Crippen molar-refractivity contribution in [3.05, 3.63) is 77.9 Å². The lowest BCUT2D eigenvalue weighted by Crippen LogP contribution is -2.24. The summed E-state index contributed by atoms with van der Waals surface area (Å²) < 4.78 is 67.5. The zero-order valence-electron chi connectivity index (χ0n) is 20.8. The molecule has 1 unspecified atom stereocenters. The number of hydrogen-bond donors (Lipinski definition) is 1. The van der Waals surface area contributed by atoms with E-state index in [1.54, 1.807) is 24.1 Å². The van der Waals surface area contributed by atoms with Gasteiger partial charge in [0.2, 0.25) is 5.91 Å². The molecule has 5 rings (SSSR count). The molecule has 1 heterocycles. The molecule has 1 N–H and O–H groups in total. The van der Waals surface area contributed by atoms with Crippen molar-refractivity contribution in [1.29, 1.82) is 0 Å². The third-order valence-electron chi connectivity index (χ3n) is 6.98. The molecule has 2 aliphatic rings. The van der Waals surface area contributed by atoms with Crippen LogP contribution < -0.4 is 19.1 Å². The molecule has 0 aromatic heterocycles. The number of carbonyl (C=O) groups is 1. The number of nitrogens with zero attached hydrogens (tertiary/aromatic N) is 1. The number of amides is 1. The fraction of sp³-hybridized carbons (Fsp3) is 0.321. The molecule has 3 aromatic carbocycles. The van der Waals surface area contributed by atoms with Gasteiger partial charge in [0.05, 0.1) is 18.9 Å². The SMILES string of the molecule is COc1ccc(C2CC(=O)N(c3cccc(NS(=O)(=O)c4c(F)cccc4F)c3)C2)cc1OC1CCCC1. The van der Waals surface area contributed by atoms with E-state index in [-0.39, 0.29) is 30.0 Å². The number of halogens is 2. The van der Waals surface area contributed by atoms with Crippen LogP contribution in [0.5, 0.6) is 11.5 Å². The normalized spacial score (nSPS) is 18.1. The maximum Gasteiger partial charge on any atom is 0.267 e. The van der Waals surface area contributed by atoms with Gasteiger partial charge in [-0.3, -0.25) is 9.52 Å². The van der Waals surface area contributed by atoms with E-state index in [9.17, 15) is 22.0 Å². The Hall–Kier alpha value is -3.66. The van der Waals surface area contributed by atoms with Crippen molar-refractivity contribution in [2.24, 2.45) is 0 Å². The Morgan fingerprint density at radius 1 is 0.947 bits per heavy atom. The van der Waals surface area contributed by atoms with E-state index in [4.69, 9.17) is 9.47 Å². The van der Waals surface area contributed by atoms with Crippen LogP contribution in [-0.2, 0) is 14.8 Å². The monoisotopic (exact) mass is 542 g/mol. The van der Waals surface area contributed by atoms with Crippen molar-refractivity contribution < 1.29 is 31.5 Å². The third-order valence-corrected chi connectivity index (χ3v) is 8.41. The number of anilines is 2. The smallest absolute Gasteiger partial charge is 0.267 e. The molecule has 38 heavy (non-hydrogen) atoms. The van der Waals surface area contributed by atoms with Crippen LogP contribution in [0.15, 0.2) is 65.6 Å². The predicted molar refractivity (Wildman–Crippen MR) is 139 cm³/mol. The number of carbonyl (C=O) groups excluding carboxylic acids is 1. The van der Waals surface area contributed by atoms with Gasteiger partial charge in [0, 0.05) is 24.6 Å². The Kier molecular flexibility index (Phi) is 7.25. The van der Waals surface area contributed by atoms with Gasteiger partial charge in [-0.05, 0) is 73.7 Å². The number of nitrogens with one attached hydrogen (secondary N) is 1. The second kappa shape index (κ2) is 10.6. The van der Waals surface area contributed by atoms with Crippen LogP contribution in [-0.4, -0.2) is 34.1 Å². The molecule has 7 nitrogen and oxygen atoms in total. The van der Waals surface area contributed by atoms with Gasteiger partial charge in [-0.1, -0.05) is 18.2 Å². The number of rotatable bonds is 8. The van der Waals surface area contributed by atoms with E-state index in [2.05, 4.69) is 4.72 Å². The Balaban J connectivity index is 1.35. The van der Waals surface area contributed by atoms with Crippen molar-refractivity contribution in [3.8, 4) is 11.5 Å². The van der Waals surface area contributed by atoms with E-state index >= 15 is 0 Å². The number of benzene rings is 3. The third kappa shape index (κ3) is 5.31. The van der Waals surface area contributed by atoms with Gasteiger partial charge in [0.15, 0.2) is 16.4 Å². The number of sulfonamides is 1. The summed E-state index contributed by atoms with van der Waals surface area (Å²) in [5.74, 6) is -1.30. The first kappa shape index (κ1) is 26.0. The summed E-state index contributed by atoms with van der Waals surface area (Å²) in [6.07, 6.45) is 4.72. The molecule has 10 heteroatoms. The quantitative estimate of drug-likeness (QED) is 0.400. The average Bonchev–Trinajstić information content (AvgIpc) is 3.53. The second-order valence-corrected chi connectivity index (χ2v) is 11.2. The fourth-order valence-electron chi connectivity index (χ4n) is 5.09. The first-order chi connectivity index (χ1) is 18.2. The van der Waals surface area contributed by atoms with Crippen LogP contribution in [0.25, 0.3) is 0 Å². The topological polar surface area (TPSA) is 84.9 Å². The van der Waals surface area contributed by atoms with Crippen LogP contribution in [0, 0.1) is 11.6 Å². The minimum absolute atomic E-state index is 0.0816. The highest BCUT2D eigenvalue weighted by Gasteiger charge is 2.33. The maximum absolute atomic E-state index is 14.1. The van der Waals surface area contributed by atoms with Gasteiger partial charge >= 0.3 is 0 Å². The molecule has 1 saturated heterocycles. The summed E-state index contributed by atoms with van der Waals surface area (Å²) in [5, 5.41) is 0. The van der Waals surface area contributed by atoms with Crippen molar-refractivity contribution in [2.75, 3.05) is 23.3 Å². The van der Waals surface area contributed by atoms with Crippen molar-refractivity contribution in [2.45, 2.75) is 49.0 Å². The second-order valence-electron chi connectivity index (χ2n) is 9.55. The van der Waals surface area contributed by atoms with Gasteiger partial charge in [0.25, 0.3) is 10.0 Å². The molecule has 1 atom stereocenters. The first-order valence-corrected chi connectivity index (χ1v) is 14.0. The predicted octanol–water partition coefficient (Wildman–Crippen LogP) is 5.62. The Bertz CT molecular complexity index is 1440. The van der Waals surface area contributed by atoms with Crippen molar-refractivity contribution >= 4 is 27.3 Å². The standard InChI is InChI=1S/C28H28F2N2O5S/c1-36-25-13-12-18(14-26(25)37-22-8-2-3-9-22)19-15-27(33)32(17-19)21-7-4-6-20(16-21)31-38(34,35)28-23(29)10-5-11-24(28)30/h4-7,10-14,16,19,22,31H,2-3,8-9,15,17H2,1H3. The molecule has 2 fully saturated rings. The molecule has 1 amide bonds. The summed E-state index contributed by atoms with van der Waals surface area (Å²) in [7, 11) is -2.94. The molecule has 0 spiro atoms. The number of ether oxygens (including phenoxy) is 2. The van der Waals surface area contributed by atoms with Crippen LogP contribution in [0.3, 0.4) is 0 Å². The molecule has 1 aliphatic heterocycles. The molecular formula is C28H28F2N2O5S. The van der Waals surface area contributed by atoms with Crippen LogP contribution in [0.1, 0.15) is 43.6 Å². The van der Waals surface area contributed by atoms with E-state index < -0.39 is 26.6 Å². The van der Waals surface area contributed by atoms with E-state index in [0.29, 0.717) is 23.7 Å². The van der Waals surface area contributed by atoms with Gasteiger partial charge in [0.1, 0.15) is 11.6 Å². The molecular weight excluding hydrogens is 514 g/mol. The Labute approximate surface area is 220 Å². The highest BCUT2D eigenvalue weighted by atomic mass is 32.2. The van der Waals surface area contributed by atoms with Crippen molar-refractivity contribution in [1.82, 2.24) is 0 Å². The van der Waals surface area contributed by atoms with E-state index in [0.717, 1.165) is 49.4 Å². The van der Waals surface area contributed by atoms with Crippen molar-refractivity contribution in [3.63, 3.8) is 0 Å². The Morgan fingerprint density at radius 2 is 1.66 bits per heavy atom. The minimum Gasteiger partial charge on any atom is -0.493 e. The fourth-order valence-corrected chi connectivity index (χ4v) is 6.28. The van der Waals surface area contributed by atoms with Gasteiger partial charge in [-0.15, -0.1) is 0 Å². The maximum atomic E-state index is 14.1.